The predicted octanol–water partition coefficient (Wildman–Crippen LogP) is 2.66. The highest BCUT2D eigenvalue weighted by Gasteiger charge is 2.37. The van der Waals surface area contributed by atoms with Crippen LogP contribution in [0.25, 0.3) is 0 Å². The lowest BCUT2D eigenvalue weighted by atomic mass is 9.81. The Bertz CT molecular complexity index is 751. The number of carbonyl (C=O) groups is 2. The molecule has 1 aromatic carbocycles. The first-order chi connectivity index (χ1) is 10.8. The number of nitrogens with zero attached hydrogens (tertiary/aromatic N) is 1. The van der Waals surface area contributed by atoms with Crippen LogP contribution in [0.5, 0.6) is 0 Å². The van der Waals surface area contributed by atoms with Gasteiger partial charge < -0.3 is 4.74 Å². The number of allylic oxidation sites excluding steroid dienone is 1. The highest BCUT2D eigenvalue weighted by molar-refractivity contribution is 5.95. The second-order valence-electron chi connectivity index (χ2n) is 4.81. The van der Waals surface area contributed by atoms with Gasteiger partial charge in [0, 0.05) is 29.9 Å². The molecule has 0 saturated heterocycles. The van der Waals surface area contributed by atoms with E-state index in [1.54, 1.807) is 0 Å². The van der Waals surface area contributed by atoms with Crippen LogP contribution in [-0.2, 0) is 14.3 Å². The van der Waals surface area contributed by atoms with Crippen molar-refractivity contribution in [2.24, 2.45) is 0 Å². The molecular weight excluding hydrogens is 318 g/mol. The quantitative estimate of drug-likeness (QED) is 0.476. The van der Waals surface area contributed by atoms with E-state index < -0.39 is 58.5 Å². The molecule has 1 aliphatic carbocycles. The Labute approximate surface area is 128 Å². The number of methoxy groups -OCH3 is 1. The van der Waals surface area contributed by atoms with E-state index >= 15 is 0 Å². The van der Waals surface area contributed by atoms with Gasteiger partial charge in [-0.05, 0) is 0 Å². The van der Waals surface area contributed by atoms with Gasteiger partial charge in [0.1, 0.15) is 17.4 Å². The van der Waals surface area contributed by atoms with E-state index in [0.29, 0.717) is 0 Å². The SMILES string of the molecule is COC(=O)C1=CCC(=O)CC1c1c(F)c(F)c(C#N)c(F)c1F. The molecule has 1 unspecified atom stereocenters. The van der Waals surface area contributed by atoms with Gasteiger partial charge in [0.05, 0.1) is 7.11 Å². The Morgan fingerprint density at radius 3 is 2.26 bits per heavy atom. The van der Waals surface area contributed by atoms with Crippen molar-refractivity contribution < 1.29 is 31.9 Å². The average molecular weight is 327 g/mol. The molecule has 0 aliphatic heterocycles. The number of hydrogen-bond donors (Lipinski definition) is 0. The fraction of sp³-hybridized carbons (Fsp3) is 0.267. The van der Waals surface area contributed by atoms with Crippen LogP contribution in [0.15, 0.2) is 11.6 Å². The van der Waals surface area contributed by atoms with Crippen molar-refractivity contribution in [1.82, 2.24) is 0 Å². The van der Waals surface area contributed by atoms with Crippen molar-refractivity contribution in [3.05, 3.63) is 46.0 Å². The predicted molar refractivity (Wildman–Crippen MR) is 68.1 cm³/mol. The monoisotopic (exact) mass is 327 g/mol. The first-order valence-corrected chi connectivity index (χ1v) is 6.39. The number of esters is 1. The highest BCUT2D eigenvalue weighted by atomic mass is 19.2. The molecule has 0 aromatic heterocycles. The van der Waals surface area contributed by atoms with E-state index in [2.05, 4.69) is 4.74 Å². The number of hydrogen-bond acceptors (Lipinski definition) is 4. The zero-order valence-electron chi connectivity index (χ0n) is 11.8. The van der Waals surface area contributed by atoms with Crippen LogP contribution < -0.4 is 0 Å². The molecule has 0 amide bonds. The molecule has 0 heterocycles. The zero-order valence-corrected chi connectivity index (χ0v) is 11.8. The van der Waals surface area contributed by atoms with Gasteiger partial charge in [-0.1, -0.05) is 6.08 Å². The van der Waals surface area contributed by atoms with Crippen molar-refractivity contribution >= 4 is 11.8 Å². The second-order valence-corrected chi connectivity index (χ2v) is 4.81. The van der Waals surface area contributed by atoms with Gasteiger partial charge in [-0.2, -0.15) is 5.26 Å². The lowest BCUT2D eigenvalue weighted by Gasteiger charge is -2.23. The molecule has 1 aliphatic rings. The van der Waals surface area contributed by atoms with Crippen LogP contribution >= 0.6 is 0 Å². The summed E-state index contributed by atoms with van der Waals surface area (Å²) in [5.74, 6) is -10.3. The van der Waals surface area contributed by atoms with Gasteiger partial charge in [-0.3, -0.25) is 4.79 Å². The summed E-state index contributed by atoms with van der Waals surface area (Å²) in [6.45, 7) is 0. The minimum Gasteiger partial charge on any atom is -0.466 e. The van der Waals surface area contributed by atoms with Crippen molar-refractivity contribution in [3.63, 3.8) is 0 Å². The van der Waals surface area contributed by atoms with Crippen LogP contribution in [0.3, 0.4) is 0 Å². The summed E-state index contributed by atoms with van der Waals surface area (Å²) in [4.78, 5) is 23.2. The molecule has 8 heteroatoms. The molecule has 1 atom stereocenters. The van der Waals surface area contributed by atoms with E-state index in [4.69, 9.17) is 5.26 Å². The third kappa shape index (κ3) is 2.70. The molecular formula is C15H9F4NO3. The number of benzene rings is 1. The Hall–Kier alpha value is -2.69. The molecule has 0 spiro atoms. The Morgan fingerprint density at radius 2 is 1.78 bits per heavy atom. The van der Waals surface area contributed by atoms with E-state index in [0.717, 1.165) is 19.3 Å². The van der Waals surface area contributed by atoms with Crippen molar-refractivity contribution in [3.8, 4) is 6.07 Å². The Kier molecular flexibility index (Phi) is 4.50. The summed E-state index contributed by atoms with van der Waals surface area (Å²) < 4.78 is 60.2. The summed E-state index contributed by atoms with van der Waals surface area (Å²) in [6, 6.07) is 1.03. The lowest BCUT2D eigenvalue weighted by Crippen LogP contribution is -2.23. The fourth-order valence-corrected chi connectivity index (χ4v) is 2.44. The maximum atomic E-state index is 14.1. The van der Waals surface area contributed by atoms with Crippen molar-refractivity contribution in [2.45, 2.75) is 18.8 Å². The van der Waals surface area contributed by atoms with E-state index in [1.807, 2.05) is 0 Å². The molecule has 2 rings (SSSR count). The molecule has 0 fully saturated rings. The number of rotatable bonds is 2. The maximum absolute atomic E-state index is 14.1. The number of ketones is 1. The Morgan fingerprint density at radius 1 is 1.22 bits per heavy atom. The molecule has 0 N–H and O–H groups in total. The smallest absolute Gasteiger partial charge is 0.334 e. The van der Waals surface area contributed by atoms with Gasteiger partial charge in [0.25, 0.3) is 0 Å². The first kappa shape index (κ1) is 16.7. The van der Waals surface area contributed by atoms with Crippen molar-refractivity contribution in [2.75, 3.05) is 7.11 Å². The Balaban J connectivity index is 2.72. The van der Waals surface area contributed by atoms with Gasteiger partial charge in [0.15, 0.2) is 23.3 Å². The fourth-order valence-electron chi connectivity index (χ4n) is 2.44. The summed E-state index contributed by atoms with van der Waals surface area (Å²) in [5, 5.41) is 8.57. The summed E-state index contributed by atoms with van der Waals surface area (Å²) in [5.41, 5.74) is -2.79. The van der Waals surface area contributed by atoms with E-state index in [1.165, 1.54) is 0 Å². The molecule has 1 aromatic rings. The third-order valence-corrected chi connectivity index (χ3v) is 3.54. The number of carbonyl (C=O) groups excluding carboxylic acids is 2. The van der Waals surface area contributed by atoms with Crippen LogP contribution in [0.2, 0.25) is 0 Å². The molecule has 0 radical (unpaired) electrons. The van der Waals surface area contributed by atoms with Crippen LogP contribution in [0, 0.1) is 34.6 Å². The number of ether oxygens (including phenoxy) is 1. The van der Waals surface area contributed by atoms with Gasteiger partial charge in [0.2, 0.25) is 0 Å². The number of Topliss-reactive ketones (excluding diaryl/α,β-unsaturated/α-hetero) is 1. The van der Waals surface area contributed by atoms with Crippen LogP contribution in [0.1, 0.15) is 29.9 Å². The van der Waals surface area contributed by atoms with Gasteiger partial charge in [-0.15, -0.1) is 0 Å². The molecule has 0 saturated carbocycles. The molecule has 120 valence electrons. The first-order valence-electron chi connectivity index (χ1n) is 6.39. The molecule has 23 heavy (non-hydrogen) atoms. The summed E-state index contributed by atoms with van der Waals surface area (Å²) in [7, 11) is 1.02. The van der Waals surface area contributed by atoms with E-state index in [9.17, 15) is 27.2 Å². The van der Waals surface area contributed by atoms with Crippen molar-refractivity contribution in [1.29, 1.82) is 5.26 Å². The molecule has 0 bridgehead atoms. The average Bonchev–Trinajstić information content (AvgIpc) is 2.53. The normalized spacial score (nSPS) is 17.5. The summed E-state index contributed by atoms with van der Waals surface area (Å²) >= 11 is 0. The third-order valence-electron chi connectivity index (χ3n) is 3.54. The number of halogens is 4. The molecule has 4 nitrogen and oxygen atoms in total. The standard InChI is InChI=1S/C15H9F4NO3/c1-23-15(22)7-3-2-6(21)4-8(7)10-13(18)11(16)9(5-20)12(17)14(10)19/h3,8H,2,4H2,1H3. The lowest BCUT2D eigenvalue weighted by molar-refractivity contribution is -0.136. The number of nitriles is 1. The van der Waals surface area contributed by atoms with Crippen LogP contribution in [-0.4, -0.2) is 18.9 Å². The zero-order chi connectivity index (χ0) is 17.3. The van der Waals surface area contributed by atoms with E-state index in [-0.39, 0.29) is 12.0 Å². The summed E-state index contributed by atoms with van der Waals surface area (Å²) in [6.07, 6.45) is 0.431. The van der Waals surface area contributed by atoms with Gasteiger partial charge in [-0.25, -0.2) is 22.4 Å². The second kappa shape index (κ2) is 6.20. The minimum absolute atomic E-state index is 0.161. The maximum Gasteiger partial charge on any atom is 0.334 e. The minimum atomic E-state index is -1.87. The topological polar surface area (TPSA) is 67.2 Å². The van der Waals surface area contributed by atoms with Gasteiger partial charge >= 0.3 is 5.97 Å². The largest absolute Gasteiger partial charge is 0.466 e. The van der Waals surface area contributed by atoms with Crippen LogP contribution in [0.4, 0.5) is 17.6 Å². The highest BCUT2D eigenvalue weighted by Crippen LogP contribution is 2.38.